The van der Waals surface area contributed by atoms with Gasteiger partial charge in [-0.2, -0.15) is 4.31 Å². The van der Waals surface area contributed by atoms with Gasteiger partial charge in [-0.05, 0) is 72.4 Å². The molecule has 1 heterocycles. The molecule has 3 aromatic carbocycles. The lowest BCUT2D eigenvalue weighted by molar-refractivity contribution is 0.263. The Morgan fingerprint density at radius 2 is 1.31 bits per heavy atom. The standard InChI is InChI=1S/C28H33NO2S/c1-2-6-23-13-17-28(18-14-23)32(30,31)29-21-19-25(20-22-29)10-9-24-11-15-27(16-12-24)26-7-4-3-5-8-26/h3-5,7-8,11-18,25H,2,6,9-10,19-22H2,1H3. The number of hydrogen-bond acceptors (Lipinski definition) is 2. The van der Waals surface area contributed by atoms with E-state index in [1.165, 1.54) is 22.3 Å². The molecule has 168 valence electrons. The Bertz CT molecular complexity index is 1080. The van der Waals surface area contributed by atoms with E-state index in [4.69, 9.17) is 0 Å². The lowest BCUT2D eigenvalue weighted by Crippen LogP contribution is -2.38. The molecule has 0 unspecified atom stereocenters. The molecular weight excluding hydrogens is 414 g/mol. The zero-order valence-electron chi connectivity index (χ0n) is 18.9. The first kappa shape index (κ1) is 22.8. The number of sulfonamides is 1. The van der Waals surface area contributed by atoms with Gasteiger partial charge in [0.15, 0.2) is 0 Å². The van der Waals surface area contributed by atoms with E-state index in [1.54, 1.807) is 16.4 Å². The van der Waals surface area contributed by atoms with Gasteiger partial charge in [-0.25, -0.2) is 8.42 Å². The van der Waals surface area contributed by atoms with Crippen molar-refractivity contribution < 1.29 is 8.42 Å². The summed E-state index contributed by atoms with van der Waals surface area (Å²) < 4.78 is 27.7. The molecule has 32 heavy (non-hydrogen) atoms. The second-order valence-electron chi connectivity index (χ2n) is 8.84. The SMILES string of the molecule is CCCc1ccc(S(=O)(=O)N2CCC(CCc3ccc(-c4ccccc4)cc3)CC2)cc1. The molecule has 3 nitrogen and oxygen atoms in total. The summed E-state index contributed by atoms with van der Waals surface area (Å²) >= 11 is 0. The van der Waals surface area contributed by atoms with E-state index >= 15 is 0 Å². The molecule has 0 N–H and O–H groups in total. The Morgan fingerprint density at radius 1 is 0.750 bits per heavy atom. The van der Waals surface area contributed by atoms with Crippen molar-refractivity contribution >= 4 is 10.0 Å². The van der Waals surface area contributed by atoms with E-state index in [0.29, 0.717) is 23.9 Å². The highest BCUT2D eigenvalue weighted by molar-refractivity contribution is 7.89. The number of nitrogens with zero attached hydrogens (tertiary/aromatic N) is 1. The van der Waals surface area contributed by atoms with E-state index in [9.17, 15) is 8.42 Å². The topological polar surface area (TPSA) is 37.4 Å². The lowest BCUT2D eigenvalue weighted by atomic mass is 9.91. The third-order valence-electron chi connectivity index (χ3n) is 6.58. The summed E-state index contributed by atoms with van der Waals surface area (Å²) in [5.41, 5.74) is 5.04. The quantitative estimate of drug-likeness (QED) is 0.404. The molecule has 0 radical (unpaired) electrons. The van der Waals surface area contributed by atoms with Crippen LogP contribution < -0.4 is 0 Å². The van der Waals surface area contributed by atoms with Crippen molar-refractivity contribution in [2.45, 2.75) is 50.3 Å². The summed E-state index contributed by atoms with van der Waals surface area (Å²) in [5, 5.41) is 0. The van der Waals surface area contributed by atoms with Gasteiger partial charge in [-0.1, -0.05) is 80.1 Å². The lowest BCUT2D eigenvalue weighted by Gasteiger charge is -2.31. The maximum Gasteiger partial charge on any atom is 0.243 e. The van der Waals surface area contributed by atoms with Gasteiger partial charge in [0.1, 0.15) is 0 Å². The highest BCUT2D eigenvalue weighted by Gasteiger charge is 2.29. The smallest absolute Gasteiger partial charge is 0.207 e. The number of hydrogen-bond donors (Lipinski definition) is 0. The Balaban J connectivity index is 1.28. The molecule has 0 atom stereocenters. The Labute approximate surface area is 193 Å². The predicted molar refractivity (Wildman–Crippen MR) is 132 cm³/mol. The van der Waals surface area contributed by atoms with Crippen LogP contribution in [0.25, 0.3) is 11.1 Å². The fraction of sp³-hybridized carbons (Fsp3) is 0.357. The van der Waals surface area contributed by atoms with Gasteiger partial charge in [0.2, 0.25) is 10.0 Å². The van der Waals surface area contributed by atoms with Gasteiger partial charge < -0.3 is 0 Å². The molecule has 1 saturated heterocycles. The highest BCUT2D eigenvalue weighted by atomic mass is 32.2. The maximum atomic E-state index is 13.0. The number of piperidine rings is 1. The van der Waals surface area contributed by atoms with E-state index in [-0.39, 0.29) is 0 Å². The molecule has 3 aromatic rings. The molecule has 1 aliphatic rings. The minimum atomic E-state index is -3.38. The van der Waals surface area contributed by atoms with Gasteiger partial charge in [-0.15, -0.1) is 0 Å². The maximum absolute atomic E-state index is 13.0. The average Bonchev–Trinajstić information content (AvgIpc) is 2.84. The molecule has 0 spiro atoms. The summed E-state index contributed by atoms with van der Waals surface area (Å²) in [6.45, 7) is 3.38. The molecule has 4 heteroatoms. The summed E-state index contributed by atoms with van der Waals surface area (Å²) in [6.07, 6.45) is 6.09. The third-order valence-corrected chi connectivity index (χ3v) is 8.49. The van der Waals surface area contributed by atoms with Crippen molar-refractivity contribution in [1.29, 1.82) is 0 Å². The number of benzene rings is 3. The fourth-order valence-electron chi connectivity index (χ4n) is 4.57. The van der Waals surface area contributed by atoms with E-state index in [2.05, 4.69) is 55.5 Å². The first-order valence-corrected chi connectivity index (χ1v) is 13.2. The monoisotopic (exact) mass is 447 g/mol. The first-order chi connectivity index (χ1) is 15.6. The van der Waals surface area contributed by atoms with Crippen molar-refractivity contribution in [3.63, 3.8) is 0 Å². The van der Waals surface area contributed by atoms with Crippen LogP contribution in [0.1, 0.15) is 43.7 Å². The Kier molecular flexibility index (Phi) is 7.44. The molecular formula is C28H33NO2S. The van der Waals surface area contributed by atoms with Crippen LogP contribution in [0.2, 0.25) is 0 Å². The van der Waals surface area contributed by atoms with Gasteiger partial charge in [-0.3, -0.25) is 0 Å². The largest absolute Gasteiger partial charge is 0.243 e. The second kappa shape index (κ2) is 10.5. The fourth-order valence-corrected chi connectivity index (χ4v) is 6.04. The summed E-state index contributed by atoms with van der Waals surface area (Å²) in [6, 6.07) is 26.7. The van der Waals surface area contributed by atoms with Crippen molar-refractivity contribution in [2.75, 3.05) is 13.1 Å². The van der Waals surface area contributed by atoms with Crippen LogP contribution in [0, 0.1) is 5.92 Å². The van der Waals surface area contributed by atoms with Crippen molar-refractivity contribution in [2.24, 2.45) is 5.92 Å². The molecule has 0 aliphatic carbocycles. The predicted octanol–water partition coefficient (Wildman–Crippen LogP) is 6.34. The molecule has 0 bridgehead atoms. The van der Waals surface area contributed by atoms with Crippen LogP contribution in [0.5, 0.6) is 0 Å². The second-order valence-corrected chi connectivity index (χ2v) is 10.8. The van der Waals surface area contributed by atoms with Crippen molar-refractivity contribution in [3.05, 3.63) is 90.0 Å². The molecule has 1 fully saturated rings. The van der Waals surface area contributed by atoms with Gasteiger partial charge in [0.25, 0.3) is 0 Å². The van der Waals surface area contributed by atoms with Gasteiger partial charge in [0.05, 0.1) is 4.90 Å². The minimum absolute atomic E-state index is 0.425. The Hall–Kier alpha value is -2.43. The van der Waals surface area contributed by atoms with Crippen molar-refractivity contribution in [3.8, 4) is 11.1 Å². The van der Waals surface area contributed by atoms with E-state index in [0.717, 1.165) is 38.5 Å². The minimum Gasteiger partial charge on any atom is -0.207 e. The van der Waals surface area contributed by atoms with E-state index < -0.39 is 10.0 Å². The van der Waals surface area contributed by atoms with Crippen LogP contribution in [0.15, 0.2) is 83.8 Å². The van der Waals surface area contributed by atoms with Crippen molar-refractivity contribution in [1.82, 2.24) is 4.31 Å². The summed E-state index contributed by atoms with van der Waals surface area (Å²) in [7, 11) is -3.38. The molecule has 0 aromatic heterocycles. The summed E-state index contributed by atoms with van der Waals surface area (Å²) in [5.74, 6) is 0.585. The number of rotatable bonds is 8. The number of aryl methyl sites for hydroxylation is 2. The van der Waals surface area contributed by atoms with Crippen LogP contribution in [0.3, 0.4) is 0 Å². The molecule has 0 saturated carbocycles. The molecule has 0 amide bonds. The van der Waals surface area contributed by atoms with Crippen LogP contribution in [0.4, 0.5) is 0 Å². The Morgan fingerprint density at radius 3 is 1.94 bits per heavy atom. The average molecular weight is 448 g/mol. The van der Waals surface area contributed by atoms with Gasteiger partial charge >= 0.3 is 0 Å². The highest BCUT2D eigenvalue weighted by Crippen LogP contribution is 2.27. The normalized spacial score (nSPS) is 15.7. The zero-order valence-corrected chi connectivity index (χ0v) is 19.7. The molecule has 1 aliphatic heterocycles. The summed E-state index contributed by atoms with van der Waals surface area (Å²) in [4.78, 5) is 0.425. The van der Waals surface area contributed by atoms with Gasteiger partial charge in [0, 0.05) is 13.1 Å². The first-order valence-electron chi connectivity index (χ1n) is 11.8. The van der Waals surface area contributed by atoms with E-state index in [1.807, 2.05) is 18.2 Å². The zero-order chi connectivity index (χ0) is 22.4. The van der Waals surface area contributed by atoms with Crippen LogP contribution >= 0.6 is 0 Å². The third kappa shape index (κ3) is 5.48. The van der Waals surface area contributed by atoms with Crippen LogP contribution in [-0.4, -0.2) is 25.8 Å². The molecule has 4 rings (SSSR count). The van der Waals surface area contributed by atoms with Crippen LogP contribution in [-0.2, 0) is 22.9 Å².